The number of aromatic amines is 1. The van der Waals surface area contributed by atoms with Gasteiger partial charge in [0, 0.05) is 23.1 Å². The van der Waals surface area contributed by atoms with Gasteiger partial charge in [-0.2, -0.15) is 0 Å². The van der Waals surface area contributed by atoms with E-state index in [1.807, 2.05) is 73.7 Å². The van der Waals surface area contributed by atoms with Crippen molar-refractivity contribution in [3.63, 3.8) is 0 Å². The number of H-pyrrole nitrogens is 1. The Morgan fingerprint density at radius 1 is 0.946 bits per heavy atom. The second-order valence-corrected chi connectivity index (χ2v) is 9.74. The molecule has 3 aromatic carbocycles. The van der Waals surface area contributed by atoms with Crippen molar-refractivity contribution in [1.29, 1.82) is 0 Å². The number of aryl methyl sites for hydroxylation is 1. The molecule has 37 heavy (non-hydrogen) atoms. The van der Waals surface area contributed by atoms with Crippen molar-refractivity contribution in [3.8, 4) is 11.5 Å². The molecular formula is C31H34N2O4. The number of benzene rings is 3. The Hall–Kier alpha value is -3.77. The van der Waals surface area contributed by atoms with Gasteiger partial charge >= 0.3 is 5.97 Å². The minimum absolute atomic E-state index is 0.291. The van der Waals surface area contributed by atoms with Crippen LogP contribution < -0.4 is 9.47 Å². The van der Waals surface area contributed by atoms with Gasteiger partial charge in [0.25, 0.3) is 0 Å². The fourth-order valence-electron chi connectivity index (χ4n) is 4.85. The van der Waals surface area contributed by atoms with Crippen molar-refractivity contribution >= 4 is 16.9 Å². The lowest BCUT2D eigenvalue weighted by Crippen LogP contribution is -2.43. The summed E-state index contributed by atoms with van der Waals surface area (Å²) in [6.07, 6.45) is 1.71. The number of carbonyl (C=O) groups excluding carboxylic acids is 1. The molecule has 6 heteroatoms. The van der Waals surface area contributed by atoms with Crippen molar-refractivity contribution in [3.05, 3.63) is 96.2 Å². The van der Waals surface area contributed by atoms with Crippen molar-refractivity contribution < 1.29 is 19.0 Å². The number of esters is 1. The molecular weight excluding hydrogens is 464 g/mol. The van der Waals surface area contributed by atoms with E-state index in [4.69, 9.17) is 14.2 Å². The van der Waals surface area contributed by atoms with Gasteiger partial charge in [-0.1, -0.05) is 42.5 Å². The van der Waals surface area contributed by atoms with Gasteiger partial charge in [0.1, 0.15) is 24.2 Å². The molecule has 5 rings (SSSR count). The Balaban J connectivity index is 1.20. The first-order chi connectivity index (χ1) is 18.1. The highest BCUT2D eigenvalue weighted by atomic mass is 16.6. The lowest BCUT2D eigenvalue weighted by molar-refractivity contribution is 0.00130. The predicted molar refractivity (Wildman–Crippen MR) is 145 cm³/mol. The van der Waals surface area contributed by atoms with Crippen LogP contribution in [-0.4, -0.2) is 54.8 Å². The largest absolute Gasteiger partial charge is 0.493 e. The summed E-state index contributed by atoms with van der Waals surface area (Å²) in [4.78, 5) is 18.6. The molecule has 0 amide bonds. The second kappa shape index (κ2) is 12.0. The molecule has 0 spiro atoms. The highest BCUT2D eigenvalue weighted by molar-refractivity contribution is 5.89. The summed E-state index contributed by atoms with van der Waals surface area (Å²) in [5, 5.41) is 1.03. The van der Waals surface area contributed by atoms with Gasteiger partial charge in [0.15, 0.2) is 0 Å². The van der Waals surface area contributed by atoms with E-state index in [1.165, 1.54) is 0 Å². The first-order valence-corrected chi connectivity index (χ1v) is 13.0. The lowest BCUT2D eigenvalue weighted by atomic mass is 9.97. The first-order valence-electron chi connectivity index (χ1n) is 13.0. The molecule has 1 N–H and O–H groups in total. The number of para-hydroxylation sites is 1. The summed E-state index contributed by atoms with van der Waals surface area (Å²) >= 11 is 0. The Bertz CT molecular complexity index is 1280. The number of nitrogens with zero attached hydrogens (tertiary/aromatic N) is 1. The number of ether oxygens (including phenoxy) is 3. The van der Waals surface area contributed by atoms with E-state index in [2.05, 4.69) is 16.0 Å². The van der Waals surface area contributed by atoms with Crippen molar-refractivity contribution in [2.75, 3.05) is 32.8 Å². The summed E-state index contributed by atoms with van der Waals surface area (Å²) < 4.78 is 18.2. The van der Waals surface area contributed by atoms with Gasteiger partial charge < -0.3 is 19.2 Å². The average Bonchev–Trinajstić information content (AvgIpc) is 3.33. The number of piperidine rings is 1. The molecule has 1 unspecified atom stereocenters. The summed E-state index contributed by atoms with van der Waals surface area (Å²) in [5.74, 6) is 1.91. The number of rotatable bonds is 10. The summed E-state index contributed by atoms with van der Waals surface area (Å²) in [7, 11) is 0. The molecule has 1 aliphatic rings. The number of hydrogen-bond donors (Lipinski definition) is 1. The van der Waals surface area contributed by atoms with Gasteiger partial charge in [0.2, 0.25) is 0 Å². The molecule has 192 valence electrons. The fourth-order valence-corrected chi connectivity index (χ4v) is 4.85. The van der Waals surface area contributed by atoms with Gasteiger partial charge in [-0.05, 0) is 81.2 Å². The molecule has 1 saturated heterocycles. The third-order valence-corrected chi connectivity index (χ3v) is 6.86. The molecule has 1 aliphatic heterocycles. The van der Waals surface area contributed by atoms with Gasteiger partial charge in [-0.3, -0.25) is 4.90 Å². The molecule has 0 aliphatic carbocycles. The molecule has 4 aromatic rings. The Morgan fingerprint density at radius 3 is 2.43 bits per heavy atom. The first kappa shape index (κ1) is 24.9. The van der Waals surface area contributed by atoms with E-state index in [1.54, 1.807) is 12.1 Å². The van der Waals surface area contributed by atoms with Crippen molar-refractivity contribution in [2.45, 2.75) is 25.9 Å². The molecule has 0 saturated carbocycles. The molecule has 1 fully saturated rings. The molecule has 2 heterocycles. The number of aromatic nitrogens is 1. The van der Waals surface area contributed by atoms with Crippen molar-refractivity contribution in [1.82, 2.24) is 9.88 Å². The monoisotopic (exact) mass is 498 g/mol. The van der Waals surface area contributed by atoms with Crippen LogP contribution in [0.2, 0.25) is 0 Å². The van der Waals surface area contributed by atoms with E-state index in [-0.39, 0.29) is 12.1 Å². The Kier molecular flexibility index (Phi) is 8.06. The summed E-state index contributed by atoms with van der Waals surface area (Å²) in [5.41, 5.74) is 2.66. The minimum atomic E-state index is -0.389. The molecule has 1 atom stereocenters. The van der Waals surface area contributed by atoms with Gasteiger partial charge in [-0.25, -0.2) is 4.79 Å². The molecule has 6 nitrogen and oxygen atoms in total. The Morgan fingerprint density at radius 2 is 1.68 bits per heavy atom. The van der Waals surface area contributed by atoms with Crippen molar-refractivity contribution in [2.24, 2.45) is 5.92 Å². The van der Waals surface area contributed by atoms with Gasteiger partial charge in [-0.15, -0.1) is 0 Å². The zero-order chi connectivity index (χ0) is 25.5. The van der Waals surface area contributed by atoms with E-state index in [9.17, 15) is 4.79 Å². The average molecular weight is 499 g/mol. The van der Waals surface area contributed by atoms with Crippen LogP contribution in [0, 0.1) is 12.8 Å². The highest BCUT2D eigenvalue weighted by Gasteiger charge is 2.25. The van der Waals surface area contributed by atoms with Crippen LogP contribution >= 0.6 is 0 Å². The minimum Gasteiger partial charge on any atom is -0.493 e. The summed E-state index contributed by atoms with van der Waals surface area (Å²) in [6, 6.07) is 27.2. The van der Waals surface area contributed by atoms with Crippen LogP contribution in [0.25, 0.3) is 10.9 Å². The number of carbonyl (C=O) groups is 1. The maximum atomic E-state index is 12.9. The molecule has 1 aromatic heterocycles. The third-order valence-electron chi connectivity index (χ3n) is 6.86. The summed E-state index contributed by atoms with van der Waals surface area (Å²) in [6.45, 7) is 5.56. The fraction of sp³-hybridized carbons (Fsp3) is 0.323. The van der Waals surface area contributed by atoms with Crippen LogP contribution in [0.15, 0.2) is 84.9 Å². The maximum Gasteiger partial charge on any atom is 0.338 e. The number of fused-ring (bicyclic) bond motifs is 1. The van der Waals surface area contributed by atoms with Gasteiger partial charge in [0.05, 0.1) is 12.2 Å². The number of likely N-dealkylation sites (tertiary alicyclic amines) is 1. The highest BCUT2D eigenvalue weighted by Crippen LogP contribution is 2.27. The smallest absolute Gasteiger partial charge is 0.338 e. The molecule has 0 radical (unpaired) electrons. The topological polar surface area (TPSA) is 63.8 Å². The number of hydrogen-bond acceptors (Lipinski definition) is 5. The van der Waals surface area contributed by atoms with Crippen LogP contribution in [0.3, 0.4) is 0 Å². The standard InChI is InChI=1S/C31H34N2O4/c1-23-19-28-29(32-23)13-8-14-30(28)36-22-27(37-31(34)25-9-4-2-5-10-25)20-33-17-15-24(16-18-33)21-35-26-11-6-3-7-12-26/h2-14,19,24,27,32H,15-18,20-22H2,1H3. The predicted octanol–water partition coefficient (Wildman–Crippen LogP) is 5.87. The second-order valence-electron chi connectivity index (χ2n) is 9.74. The normalized spacial score (nSPS) is 15.4. The number of nitrogens with one attached hydrogen (secondary N) is 1. The zero-order valence-corrected chi connectivity index (χ0v) is 21.3. The zero-order valence-electron chi connectivity index (χ0n) is 21.3. The van der Waals surface area contributed by atoms with Crippen LogP contribution in [-0.2, 0) is 4.74 Å². The van der Waals surface area contributed by atoms with E-state index in [0.29, 0.717) is 24.6 Å². The van der Waals surface area contributed by atoms with E-state index < -0.39 is 0 Å². The SMILES string of the molecule is Cc1cc2c(OCC(CN3CCC(COc4ccccc4)CC3)OC(=O)c3ccccc3)cccc2[nH]1. The van der Waals surface area contributed by atoms with Crippen LogP contribution in [0.5, 0.6) is 11.5 Å². The van der Waals surface area contributed by atoms with Crippen LogP contribution in [0.1, 0.15) is 28.9 Å². The Labute approximate surface area is 218 Å². The third kappa shape index (κ3) is 6.71. The quantitative estimate of drug-likeness (QED) is 0.277. The molecule has 0 bridgehead atoms. The van der Waals surface area contributed by atoms with E-state index >= 15 is 0 Å². The lowest BCUT2D eigenvalue weighted by Gasteiger charge is -2.34. The van der Waals surface area contributed by atoms with E-state index in [0.717, 1.165) is 60.6 Å². The maximum absolute atomic E-state index is 12.9. The van der Waals surface area contributed by atoms with Crippen LogP contribution in [0.4, 0.5) is 0 Å².